The van der Waals surface area contributed by atoms with Crippen LogP contribution >= 0.6 is 0 Å². The van der Waals surface area contributed by atoms with Crippen LogP contribution in [0.4, 0.5) is 8.78 Å². The van der Waals surface area contributed by atoms with E-state index in [1.807, 2.05) is 49.4 Å². The van der Waals surface area contributed by atoms with Crippen LogP contribution in [0.15, 0.2) is 91.0 Å². The predicted octanol–water partition coefficient (Wildman–Crippen LogP) is 7.36. The fourth-order valence-corrected chi connectivity index (χ4v) is 3.49. The van der Waals surface area contributed by atoms with Crippen LogP contribution in [-0.2, 0) is 0 Å². The van der Waals surface area contributed by atoms with Gasteiger partial charge in [-0.05, 0) is 76.7 Å². The summed E-state index contributed by atoms with van der Waals surface area (Å²) in [5, 5.41) is 0. The first kappa shape index (κ1) is 18.9. The van der Waals surface area contributed by atoms with Crippen molar-refractivity contribution >= 4 is 0 Å². The molecule has 0 unspecified atom stereocenters. The van der Waals surface area contributed by atoms with Gasteiger partial charge in [0.25, 0.3) is 0 Å². The van der Waals surface area contributed by atoms with Crippen LogP contribution in [0.3, 0.4) is 0 Å². The predicted molar refractivity (Wildman–Crippen MR) is 114 cm³/mol. The molecule has 4 aromatic carbocycles. The van der Waals surface area contributed by atoms with E-state index in [4.69, 9.17) is 4.74 Å². The first-order valence-electron chi connectivity index (χ1n) is 9.54. The third kappa shape index (κ3) is 4.04. The topological polar surface area (TPSA) is 9.23 Å². The maximum atomic E-state index is 13.6. The summed E-state index contributed by atoms with van der Waals surface area (Å²) in [7, 11) is 0. The number of rotatable bonds is 5. The minimum Gasteiger partial charge on any atom is -0.494 e. The Balaban J connectivity index is 1.92. The Kier molecular flexibility index (Phi) is 5.39. The molecule has 0 spiro atoms. The van der Waals surface area contributed by atoms with Crippen LogP contribution in [0.25, 0.3) is 33.4 Å². The second kappa shape index (κ2) is 8.27. The van der Waals surface area contributed by atoms with Crippen molar-refractivity contribution in [3.63, 3.8) is 0 Å². The standard InChI is InChI=1S/C26H20F2O/c1-2-29-23-16-10-19(11-17-23)25-5-3-4-24(18-6-12-21(27)13-7-18)26(25)20-8-14-22(28)15-9-20/h3-17H,2H2,1H3. The van der Waals surface area contributed by atoms with Crippen LogP contribution in [0.1, 0.15) is 6.92 Å². The van der Waals surface area contributed by atoms with Crippen LogP contribution in [-0.4, -0.2) is 6.61 Å². The molecule has 0 aromatic heterocycles. The molecule has 4 aromatic rings. The summed E-state index contributed by atoms with van der Waals surface area (Å²) in [5.41, 5.74) is 5.78. The van der Waals surface area contributed by atoms with Crippen molar-refractivity contribution in [1.29, 1.82) is 0 Å². The maximum absolute atomic E-state index is 13.6. The molecule has 0 radical (unpaired) electrons. The molecule has 0 bridgehead atoms. The lowest BCUT2D eigenvalue weighted by molar-refractivity contribution is 0.340. The molecule has 0 saturated heterocycles. The molecule has 4 rings (SSSR count). The Morgan fingerprint density at radius 1 is 0.586 bits per heavy atom. The lowest BCUT2D eigenvalue weighted by atomic mass is 9.87. The first-order chi connectivity index (χ1) is 14.2. The van der Waals surface area contributed by atoms with Gasteiger partial charge in [0.1, 0.15) is 17.4 Å². The molecular weight excluding hydrogens is 366 g/mol. The minimum atomic E-state index is -0.282. The molecule has 3 heteroatoms. The smallest absolute Gasteiger partial charge is 0.123 e. The summed E-state index contributed by atoms with van der Waals surface area (Å²) < 4.78 is 32.6. The zero-order chi connectivity index (χ0) is 20.2. The van der Waals surface area contributed by atoms with E-state index in [0.717, 1.165) is 39.1 Å². The van der Waals surface area contributed by atoms with E-state index < -0.39 is 0 Å². The Morgan fingerprint density at radius 2 is 1.03 bits per heavy atom. The maximum Gasteiger partial charge on any atom is 0.123 e. The molecule has 0 N–H and O–H groups in total. The fourth-order valence-electron chi connectivity index (χ4n) is 3.49. The van der Waals surface area contributed by atoms with Gasteiger partial charge in [0.05, 0.1) is 6.61 Å². The number of benzene rings is 4. The van der Waals surface area contributed by atoms with E-state index in [1.165, 1.54) is 24.3 Å². The second-order valence-corrected chi connectivity index (χ2v) is 6.70. The summed E-state index contributed by atoms with van der Waals surface area (Å²) in [6, 6.07) is 26.8. The third-order valence-corrected chi connectivity index (χ3v) is 4.83. The summed E-state index contributed by atoms with van der Waals surface area (Å²) in [5.74, 6) is 0.254. The monoisotopic (exact) mass is 386 g/mol. The molecule has 0 heterocycles. The molecule has 0 fully saturated rings. The van der Waals surface area contributed by atoms with Gasteiger partial charge in [0.15, 0.2) is 0 Å². The van der Waals surface area contributed by atoms with E-state index in [0.29, 0.717) is 6.61 Å². The Morgan fingerprint density at radius 3 is 1.52 bits per heavy atom. The van der Waals surface area contributed by atoms with Crippen molar-refractivity contribution < 1.29 is 13.5 Å². The molecule has 0 atom stereocenters. The van der Waals surface area contributed by atoms with Crippen molar-refractivity contribution in [2.24, 2.45) is 0 Å². The van der Waals surface area contributed by atoms with Crippen molar-refractivity contribution in [3.05, 3.63) is 103 Å². The highest BCUT2D eigenvalue weighted by Crippen LogP contribution is 2.40. The zero-order valence-corrected chi connectivity index (χ0v) is 16.0. The van der Waals surface area contributed by atoms with Gasteiger partial charge in [0, 0.05) is 0 Å². The highest BCUT2D eigenvalue weighted by molar-refractivity contribution is 5.94. The number of ether oxygens (including phenoxy) is 1. The van der Waals surface area contributed by atoms with Gasteiger partial charge in [-0.2, -0.15) is 0 Å². The summed E-state index contributed by atoms with van der Waals surface area (Å²) in [6.07, 6.45) is 0. The highest BCUT2D eigenvalue weighted by Gasteiger charge is 2.14. The summed E-state index contributed by atoms with van der Waals surface area (Å²) >= 11 is 0. The number of hydrogen-bond acceptors (Lipinski definition) is 1. The zero-order valence-electron chi connectivity index (χ0n) is 16.0. The average Bonchev–Trinajstić information content (AvgIpc) is 2.75. The summed E-state index contributed by atoms with van der Waals surface area (Å²) in [4.78, 5) is 0. The molecule has 144 valence electrons. The van der Waals surface area contributed by atoms with Gasteiger partial charge >= 0.3 is 0 Å². The Labute approximate surface area is 169 Å². The van der Waals surface area contributed by atoms with Crippen LogP contribution < -0.4 is 4.74 Å². The Hall–Kier alpha value is -3.46. The lowest BCUT2D eigenvalue weighted by Crippen LogP contribution is -1.93. The molecule has 0 aliphatic carbocycles. The van der Waals surface area contributed by atoms with Crippen molar-refractivity contribution in [3.8, 4) is 39.1 Å². The van der Waals surface area contributed by atoms with E-state index in [-0.39, 0.29) is 11.6 Å². The van der Waals surface area contributed by atoms with Crippen LogP contribution in [0.2, 0.25) is 0 Å². The second-order valence-electron chi connectivity index (χ2n) is 6.70. The highest BCUT2D eigenvalue weighted by atomic mass is 19.1. The van der Waals surface area contributed by atoms with Crippen molar-refractivity contribution in [1.82, 2.24) is 0 Å². The number of hydrogen-bond donors (Lipinski definition) is 0. The molecular formula is C26H20F2O. The van der Waals surface area contributed by atoms with Crippen LogP contribution in [0.5, 0.6) is 5.75 Å². The minimum absolute atomic E-state index is 0.278. The van der Waals surface area contributed by atoms with E-state index in [1.54, 1.807) is 24.3 Å². The molecule has 0 aliphatic rings. The number of halogens is 2. The lowest BCUT2D eigenvalue weighted by Gasteiger charge is -2.16. The van der Waals surface area contributed by atoms with Crippen LogP contribution in [0, 0.1) is 11.6 Å². The van der Waals surface area contributed by atoms with E-state index in [2.05, 4.69) is 0 Å². The van der Waals surface area contributed by atoms with E-state index in [9.17, 15) is 8.78 Å². The van der Waals surface area contributed by atoms with Gasteiger partial charge in [0.2, 0.25) is 0 Å². The molecule has 29 heavy (non-hydrogen) atoms. The fraction of sp³-hybridized carbons (Fsp3) is 0.0769. The van der Waals surface area contributed by atoms with E-state index >= 15 is 0 Å². The Bertz CT molecular complexity index is 1100. The van der Waals surface area contributed by atoms with Crippen molar-refractivity contribution in [2.45, 2.75) is 6.92 Å². The van der Waals surface area contributed by atoms with Gasteiger partial charge in [-0.3, -0.25) is 0 Å². The normalized spacial score (nSPS) is 10.7. The molecule has 0 aliphatic heterocycles. The largest absolute Gasteiger partial charge is 0.494 e. The molecule has 0 saturated carbocycles. The van der Waals surface area contributed by atoms with Gasteiger partial charge in [-0.25, -0.2) is 8.78 Å². The first-order valence-corrected chi connectivity index (χ1v) is 9.54. The SMILES string of the molecule is CCOc1ccc(-c2cccc(-c3ccc(F)cc3)c2-c2ccc(F)cc2)cc1. The molecule has 0 amide bonds. The van der Waals surface area contributed by atoms with Gasteiger partial charge in [-0.1, -0.05) is 54.6 Å². The quantitative estimate of drug-likeness (QED) is 0.348. The molecule has 1 nitrogen and oxygen atoms in total. The van der Waals surface area contributed by atoms with Gasteiger partial charge in [-0.15, -0.1) is 0 Å². The third-order valence-electron chi connectivity index (χ3n) is 4.83. The summed E-state index contributed by atoms with van der Waals surface area (Å²) in [6.45, 7) is 2.56. The van der Waals surface area contributed by atoms with Crippen molar-refractivity contribution in [2.75, 3.05) is 6.61 Å². The van der Waals surface area contributed by atoms with Gasteiger partial charge < -0.3 is 4.74 Å². The average molecular weight is 386 g/mol.